The van der Waals surface area contributed by atoms with Gasteiger partial charge in [-0.05, 0) is 18.2 Å². The molecule has 0 aliphatic carbocycles. The first-order valence-corrected chi connectivity index (χ1v) is 6.76. The van der Waals surface area contributed by atoms with Crippen molar-refractivity contribution >= 4 is 29.1 Å². The van der Waals surface area contributed by atoms with Gasteiger partial charge in [-0.2, -0.15) is 0 Å². The molecule has 21 heavy (non-hydrogen) atoms. The smallest absolute Gasteiger partial charge is 0.251 e. The van der Waals surface area contributed by atoms with Gasteiger partial charge in [-0.3, -0.25) is 4.79 Å². The van der Waals surface area contributed by atoms with Crippen LogP contribution in [0.5, 0.6) is 0 Å². The molecule has 2 rings (SSSR count). The largest absolute Gasteiger partial charge is 0.386 e. The van der Waals surface area contributed by atoms with Gasteiger partial charge in [-0.25, -0.2) is 9.37 Å². The molecule has 1 atom stereocenters. The van der Waals surface area contributed by atoms with Crippen LogP contribution in [-0.2, 0) is 0 Å². The van der Waals surface area contributed by atoms with E-state index in [2.05, 4.69) is 10.3 Å². The molecule has 0 aliphatic rings. The summed E-state index contributed by atoms with van der Waals surface area (Å²) < 4.78 is 13.5. The van der Waals surface area contributed by atoms with Gasteiger partial charge >= 0.3 is 0 Å². The van der Waals surface area contributed by atoms with E-state index in [0.717, 1.165) is 0 Å². The van der Waals surface area contributed by atoms with Crippen LogP contribution in [0.15, 0.2) is 36.4 Å². The number of hydrogen-bond donors (Lipinski definition) is 2. The summed E-state index contributed by atoms with van der Waals surface area (Å²) in [4.78, 5) is 15.6. The summed E-state index contributed by atoms with van der Waals surface area (Å²) in [5.41, 5.74) is 0.323. The second kappa shape index (κ2) is 6.85. The van der Waals surface area contributed by atoms with Gasteiger partial charge in [0.05, 0.1) is 6.10 Å². The Morgan fingerprint density at radius 2 is 1.90 bits per heavy atom. The highest BCUT2D eigenvalue weighted by atomic mass is 35.5. The summed E-state index contributed by atoms with van der Waals surface area (Å²) >= 11 is 11.4. The van der Waals surface area contributed by atoms with Crippen molar-refractivity contribution in [3.8, 4) is 0 Å². The fraction of sp³-hybridized carbons (Fsp3) is 0.143. The third-order valence-corrected chi connectivity index (χ3v) is 3.13. The number of benzene rings is 1. The quantitative estimate of drug-likeness (QED) is 0.848. The second-order valence-electron chi connectivity index (χ2n) is 4.25. The van der Waals surface area contributed by atoms with Crippen molar-refractivity contribution in [3.05, 3.63) is 63.6 Å². The van der Waals surface area contributed by atoms with Crippen molar-refractivity contribution in [2.24, 2.45) is 0 Å². The number of nitrogens with zero attached hydrogens (tertiary/aromatic N) is 1. The van der Waals surface area contributed by atoms with Crippen molar-refractivity contribution in [1.82, 2.24) is 10.3 Å². The summed E-state index contributed by atoms with van der Waals surface area (Å²) in [7, 11) is 0. The highest BCUT2D eigenvalue weighted by Gasteiger charge is 2.14. The van der Waals surface area contributed by atoms with E-state index >= 15 is 0 Å². The minimum Gasteiger partial charge on any atom is -0.386 e. The number of hydrogen-bond acceptors (Lipinski definition) is 3. The topological polar surface area (TPSA) is 62.2 Å². The summed E-state index contributed by atoms with van der Waals surface area (Å²) in [6.07, 6.45) is -1.15. The highest BCUT2D eigenvalue weighted by molar-refractivity contribution is 6.33. The number of aromatic nitrogens is 1. The Bertz CT molecular complexity index is 647. The normalized spacial score (nSPS) is 12.0. The molecule has 1 heterocycles. The predicted octanol–water partition coefficient (Wildman–Crippen LogP) is 2.99. The molecule has 2 N–H and O–H groups in total. The highest BCUT2D eigenvalue weighted by Crippen LogP contribution is 2.17. The first-order valence-electron chi connectivity index (χ1n) is 6.01. The Kier molecular flexibility index (Phi) is 5.12. The van der Waals surface area contributed by atoms with Crippen molar-refractivity contribution in [2.75, 3.05) is 6.54 Å². The molecule has 0 fully saturated rings. The molecule has 0 bridgehead atoms. The van der Waals surface area contributed by atoms with Crippen LogP contribution in [0.1, 0.15) is 22.0 Å². The lowest BCUT2D eigenvalue weighted by Crippen LogP contribution is -2.28. The molecule has 7 heteroatoms. The molecule has 0 spiro atoms. The first-order chi connectivity index (χ1) is 9.97. The van der Waals surface area contributed by atoms with E-state index in [9.17, 15) is 14.3 Å². The maximum Gasteiger partial charge on any atom is 0.251 e. The van der Waals surface area contributed by atoms with Gasteiger partial charge in [-0.1, -0.05) is 41.4 Å². The molecular weight excluding hydrogens is 318 g/mol. The third-order valence-electron chi connectivity index (χ3n) is 2.75. The van der Waals surface area contributed by atoms with Gasteiger partial charge in [0.1, 0.15) is 16.1 Å². The lowest BCUT2D eigenvalue weighted by molar-refractivity contribution is 0.0914. The van der Waals surface area contributed by atoms with Crippen LogP contribution in [0.4, 0.5) is 4.39 Å². The van der Waals surface area contributed by atoms with E-state index < -0.39 is 17.8 Å². The fourth-order valence-electron chi connectivity index (χ4n) is 1.74. The number of pyridine rings is 1. The number of nitrogens with one attached hydrogen (secondary N) is 1. The molecular formula is C14H11Cl2FN2O2. The fourth-order valence-corrected chi connectivity index (χ4v) is 2.20. The van der Waals surface area contributed by atoms with Crippen LogP contribution in [0.25, 0.3) is 0 Å². The number of aliphatic hydroxyl groups is 1. The van der Waals surface area contributed by atoms with Crippen molar-refractivity contribution in [3.63, 3.8) is 0 Å². The minimum absolute atomic E-state index is 0.0855. The first kappa shape index (κ1) is 15.7. The number of rotatable bonds is 4. The summed E-state index contributed by atoms with van der Waals surface area (Å²) in [6, 6.07) is 8.50. The lowest BCUT2D eigenvalue weighted by atomic mass is 10.1. The number of carbonyl (C=O) groups is 1. The van der Waals surface area contributed by atoms with Crippen LogP contribution in [-0.4, -0.2) is 22.5 Å². The van der Waals surface area contributed by atoms with Crippen molar-refractivity contribution in [2.45, 2.75) is 6.10 Å². The summed E-state index contributed by atoms with van der Waals surface area (Å²) in [6.45, 7) is -0.142. The SMILES string of the molecule is O=C(NCC(O)c1ccccc1F)c1cc(Cl)nc(Cl)c1. The standard InChI is InChI=1S/C14H11Cl2FN2O2/c15-12-5-8(6-13(16)19-12)14(21)18-7-11(20)9-3-1-2-4-10(9)17/h1-6,11,20H,7H2,(H,18,21). The molecule has 110 valence electrons. The maximum absolute atomic E-state index is 13.5. The van der Waals surface area contributed by atoms with E-state index in [-0.39, 0.29) is 28.0 Å². The monoisotopic (exact) mass is 328 g/mol. The van der Waals surface area contributed by atoms with Crippen molar-refractivity contribution in [1.29, 1.82) is 0 Å². The summed E-state index contributed by atoms with van der Waals surface area (Å²) in [5, 5.41) is 12.5. The molecule has 1 unspecified atom stereocenters. The second-order valence-corrected chi connectivity index (χ2v) is 5.02. The molecule has 4 nitrogen and oxygen atoms in total. The molecule has 0 saturated carbocycles. The van der Waals surface area contributed by atoms with Gasteiger partial charge in [0.25, 0.3) is 5.91 Å². The van der Waals surface area contributed by atoms with E-state index in [1.807, 2.05) is 0 Å². The van der Waals surface area contributed by atoms with Crippen molar-refractivity contribution < 1.29 is 14.3 Å². The van der Waals surface area contributed by atoms with Crippen LogP contribution < -0.4 is 5.32 Å². The molecule has 0 aliphatic heterocycles. The number of carbonyl (C=O) groups excluding carboxylic acids is 1. The Balaban J connectivity index is 2.02. The van der Waals surface area contributed by atoms with Crippen LogP contribution in [0, 0.1) is 5.82 Å². The Morgan fingerprint density at radius 3 is 2.52 bits per heavy atom. The molecule has 1 aromatic carbocycles. The lowest BCUT2D eigenvalue weighted by Gasteiger charge is -2.13. The molecule has 0 radical (unpaired) electrons. The zero-order valence-corrected chi connectivity index (χ0v) is 12.2. The molecule has 1 amide bonds. The third kappa shape index (κ3) is 4.14. The van der Waals surface area contributed by atoms with Gasteiger partial charge in [0, 0.05) is 17.7 Å². The van der Waals surface area contributed by atoms with Crippen LogP contribution in [0.3, 0.4) is 0 Å². The summed E-state index contributed by atoms with van der Waals surface area (Å²) in [5.74, 6) is -1.02. The maximum atomic E-state index is 13.5. The van der Waals surface area contributed by atoms with E-state index in [1.54, 1.807) is 6.07 Å². The zero-order valence-electron chi connectivity index (χ0n) is 10.7. The minimum atomic E-state index is -1.15. The van der Waals surface area contributed by atoms with E-state index in [1.165, 1.54) is 30.3 Å². The average molecular weight is 329 g/mol. The van der Waals surface area contributed by atoms with Gasteiger partial charge in [0.2, 0.25) is 0 Å². The number of amides is 1. The number of halogens is 3. The van der Waals surface area contributed by atoms with Gasteiger partial charge in [0.15, 0.2) is 0 Å². The van der Waals surface area contributed by atoms with Gasteiger partial charge in [-0.15, -0.1) is 0 Å². The van der Waals surface area contributed by atoms with E-state index in [0.29, 0.717) is 0 Å². The Morgan fingerprint density at radius 1 is 1.29 bits per heavy atom. The Labute approximate surface area is 130 Å². The van der Waals surface area contributed by atoms with Gasteiger partial charge < -0.3 is 10.4 Å². The van der Waals surface area contributed by atoms with Crippen LogP contribution >= 0.6 is 23.2 Å². The Hall–Kier alpha value is -1.69. The number of aliphatic hydroxyl groups excluding tert-OH is 1. The predicted molar refractivity (Wildman–Crippen MR) is 78.0 cm³/mol. The average Bonchev–Trinajstić information content (AvgIpc) is 2.43. The molecule has 2 aromatic rings. The molecule has 0 saturated heterocycles. The van der Waals surface area contributed by atoms with E-state index in [4.69, 9.17) is 23.2 Å². The zero-order chi connectivity index (χ0) is 15.4. The molecule has 1 aromatic heterocycles. The van der Waals surface area contributed by atoms with Crippen LogP contribution in [0.2, 0.25) is 10.3 Å².